The van der Waals surface area contributed by atoms with Gasteiger partial charge in [-0.15, -0.1) is 11.3 Å². The average molecular weight is 582 g/mol. The third-order valence-corrected chi connectivity index (χ3v) is 11.0. The number of benzene rings is 2. The summed E-state index contributed by atoms with van der Waals surface area (Å²) in [5.74, 6) is -0.00199. The lowest BCUT2D eigenvalue weighted by Crippen LogP contribution is -2.56. The van der Waals surface area contributed by atoms with Crippen LogP contribution in [-0.2, 0) is 10.0 Å². The van der Waals surface area contributed by atoms with Crippen LogP contribution in [0.1, 0.15) is 61.9 Å². The number of thiophene rings is 1. The normalized spacial score (nSPS) is 19.0. The van der Waals surface area contributed by atoms with Crippen molar-refractivity contribution in [3.8, 4) is 10.4 Å². The Bertz CT molecular complexity index is 1520. The molecule has 2 heterocycles. The molecular weight excluding hydrogens is 542 g/mol. The second kappa shape index (κ2) is 11.7. The summed E-state index contributed by atoms with van der Waals surface area (Å²) < 4.78 is 29.2. The van der Waals surface area contributed by atoms with Crippen LogP contribution in [0.25, 0.3) is 10.4 Å². The number of hydrogen-bond donors (Lipinski definition) is 1. The van der Waals surface area contributed by atoms with Crippen LogP contribution < -0.4 is 10.2 Å². The quantitative estimate of drug-likeness (QED) is 0.325. The monoisotopic (exact) mass is 581 g/mol. The summed E-state index contributed by atoms with van der Waals surface area (Å²) in [6.07, 6.45) is 5.41. The van der Waals surface area contributed by atoms with Gasteiger partial charge in [0.05, 0.1) is 28.0 Å². The van der Waals surface area contributed by atoms with E-state index in [2.05, 4.69) is 22.9 Å². The standard InChI is InChI=1S/C31H35N3O4S2.2H2/c1-21-19-33(40(37,38)26-16-14-25(15-17-26)31(36)32-3)20-28(23-10-6-4-7-11-23)34(21)27-18-29(39-30(27)22(2)35)24-12-8-5-9-13-24;;/h5,8-9,12-18,23,28H,1,4,6-7,10-11,19-20H2,2-3H3,(H,32,36);2*1H. The van der Waals surface area contributed by atoms with E-state index in [1.165, 1.54) is 53.4 Å². The van der Waals surface area contributed by atoms with E-state index in [1.807, 2.05) is 30.3 Å². The van der Waals surface area contributed by atoms with Crippen LogP contribution in [0.3, 0.4) is 0 Å². The molecule has 2 aliphatic rings. The van der Waals surface area contributed by atoms with E-state index < -0.39 is 10.0 Å². The van der Waals surface area contributed by atoms with Crippen molar-refractivity contribution >= 4 is 38.7 Å². The van der Waals surface area contributed by atoms with Gasteiger partial charge in [0.15, 0.2) is 5.78 Å². The molecular formula is C31H39N3O4S2. The molecule has 1 amide bonds. The minimum Gasteiger partial charge on any atom is -0.355 e. The van der Waals surface area contributed by atoms with Crippen LogP contribution in [0, 0.1) is 5.92 Å². The maximum Gasteiger partial charge on any atom is 0.251 e. The Balaban J connectivity index is 0.00000242. The number of piperazine rings is 1. The van der Waals surface area contributed by atoms with Crippen molar-refractivity contribution in [2.75, 3.05) is 25.0 Å². The molecule has 1 saturated carbocycles. The topological polar surface area (TPSA) is 86.8 Å². The number of anilines is 1. The van der Waals surface area contributed by atoms with Gasteiger partial charge in [0, 0.05) is 39.5 Å². The van der Waals surface area contributed by atoms with E-state index in [0.29, 0.717) is 22.7 Å². The van der Waals surface area contributed by atoms with E-state index in [4.69, 9.17) is 0 Å². The summed E-state index contributed by atoms with van der Waals surface area (Å²) >= 11 is 1.48. The van der Waals surface area contributed by atoms with Crippen molar-refractivity contribution in [3.05, 3.63) is 83.4 Å². The highest BCUT2D eigenvalue weighted by atomic mass is 32.2. The largest absolute Gasteiger partial charge is 0.355 e. The van der Waals surface area contributed by atoms with Crippen LogP contribution in [0.4, 0.5) is 5.69 Å². The molecule has 0 bridgehead atoms. The molecule has 1 aliphatic heterocycles. The number of carbonyl (C=O) groups excluding carboxylic acids is 2. The van der Waals surface area contributed by atoms with Crippen LogP contribution in [0.15, 0.2) is 77.8 Å². The van der Waals surface area contributed by atoms with Crippen molar-refractivity contribution in [1.29, 1.82) is 0 Å². The van der Waals surface area contributed by atoms with Gasteiger partial charge in [-0.2, -0.15) is 4.31 Å². The Labute approximate surface area is 243 Å². The van der Waals surface area contributed by atoms with Crippen molar-refractivity contribution < 1.29 is 20.9 Å². The van der Waals surface area contributed by atoms with Crippen molar-refractivity contribution in [2.45, 2.75) is 50.0 Å². The third-order valence-electron chi connectivity index (χ3n) is 7.95. The Kier molecular flexibility index (Phi) is 8.26. The zero-order valence-electron chi connectivity index (χ0n) is 22.9. The zero-order valence-corrected chi connectivity index (χ0v) is 24.6. The van der Waals surface area contributed by atoms with E-state index >= 15 is 0 Å². The molecule has 3 aromatic rings. The summed E-state index contributed by atoms with van der Waals surface area (Å²) in [7, 11) is -2.30. The molecule has 2 aromatic carbocycles. The predicted molar refractivity (Wildman–Crippen MR) is 165 cm³/mol. The summed E-state index contributed by atoms with van der Waals surface area (Å²) in [4.78, 5) is 28.8. The van der Waals surface area contributed by atoms with Gasteiger partial charge >= 0.3 is 0 Å². The van der Waals surface area contributed by atoms with Gasteiger partial charge in [-0.05, 0) is 54.7 Å². The highest BCUT2D eigenvalue weighted by Gasteiger charge is 2.41. The smallest absolute Gasteiger partial charge is 0.251 e. The van der Waals surface area contributed by atoms with Crippen molar-refractivity contribution in [2.24, 2.45) is 5.92 Å². The lowest BCUT2D eigenvalue weighted by molar-refractivity contribution is 0.0961. The SMILES string of the molecule is C=C1CN(S(=O)(=O)c2ccc(C(=O)NC)cc2)CC(C2CCCCC2)N1c1cc(-c2ccccc2)sc1C(C)=O.[HH].[HH]. The zero-order chi connectivity index (χ0) is 28.4. The first-order chi connectivity index (χ1) is 19.2. The number of ketones is 1. The summed E-state index contributed by atoms with van der Waals surface area (Å²) in [6.45, 7) is 6.38. The fourth-order valence-electron chi connectivity index (χ4n) is 5.91. The van der Waals surface area contributed by atoms with E-state index in [0.717, 1.165) is 41.8 Å². The predicted octanol–water partition coefficient (Wildman–Crippen LogP) is 6.44. The second-order valence-electron chi connectivity index (χ2n) is 10.5. The molecule has 1 unspecified atom stereocenters. The van der Waals surface area contributed by atoms with Gasteiger partial charge in [0.2, 0.25) is 10.0 Å². The first-order valence-corrected chi connectivity index (χ1v) is 16.0. The molecule has 1 N–H and O–H groups in total. The second-order valence-corrected chi connectivity index (χ2v) is 13.5. The molecule has 1 saturated heterocycles. The lowest BCUT2D eigenvalue weighted by Gasteiger charge is -2.47. The molecule has 1 aliphatic carbocycles. The first-order valence-electron chi connectivity index (χ1n) is 13.7. The Morgan fingerprint density at radius 2 is 1.70 bits per heavy atom. The summed E-state index contributed by atoms with van der Waals surface area (Å²) in [5, 5.41) is 2.56. The van der Waals surface area contributed by atoms with Crippen LogP contribution in [-0.4, -0.2) is 50.6 Å². The molecule has 9 heteroatoms. The number of Topliss-reactive ketones (excluding diaryl/α,β-unsaturated/α-hetero) is 1. The van der Waals surface area contributed by atoms with Crippen molar-refractivity contribution in [1.82, 2.24) is 9.62 Å². The minimum atomic E-state index is -3.84. The Morgan fingerprint density at radius 1 is 1.02 bits per heavy atom. The first kappa shape index (κ1) is 28.3. The van der Waals surface area contributed by atoms with Gasteiger partial charge in [-0.3, -0.25) is 9.59 Å². The summed E-state index contributed by atoms with van der Waals surface area (Å²) in [5.41, 5.74) is 2.93. The van der Waals surface area contributed by atoms with Gasteiger partial charge in [0.1, 0.15) is 0 Å². The molecule has 7 nitrogen and oxygen atoms in total. The molecule has 214 valence electrons. The third kappa shape index (κ3) is 5.50. The number of amides is 1. The number of carbonyl (C=O) groups is 2. The van der Waals surface area contributed by atoms with Gasteiger partial charge in [-0.25, -0.2) is 8.42 Å². The van der Waals surface area contributed by atoms with Crippen LogP contribution >= 0.6 is 11.3 Å². The average Bonchev–Trinajstić information content (AvgIpc) is 3.43. The van der Waals surface area contributed by atoms with E-state index in [1.54, 1.807) is 6.92 Å². The minimum absolute atomic E-state index is 0. The van der Waals surface area contributed by atoms with Gasteiger partial charge in [-0.1, -0.05) is 56.2 Å². The number of nitrogens with one attached hydrogen (secondary N) is 1. The number of nitrogens with zero attached hydrogens (tertiary/aromatic N) is 2. The molecule has 0 radical (unpaired) electrons. The highest BCUT2D eigenvalue weighted by molar-refractivity contribution is 7.89. The Morgan fingerprint density at radius 3 is 2.33 bits per heavy atom. The number of rotatable bonds is 7. The van der Waals surface area contributed by atoms with E-state index in [-0.39, 0.29) is 37.9 Å². The maximum absolute atomic E-state index is 13.8. The van der Waals surface area contributed by atoms with Crippen LogP contribution in [0.2, 0.25) is 0 Å². The number of hydrogen-bond acceptors (Lipinski definition) is 6. The van der Waals surface area contributed by atoms with Gasteiger partial charge in [0.25, 0.3) is 5.91 Å². The summed E-state index contributed by atoms with van der Waals surface area (Å²) in [6, 6.07) is 18.0. The fourth-order valence-corrected chi connectivity index (χ4v) is 8.41. The molecule has 40 heavy (non-hydrogen) atoms. The highest BCUT2D eigenvalue weighted by Crippen LogP contribution is 2.43. The van der Waals surface area contributed by atoms with Crippen LogP contribution in [0.5, 0.6) is 0 Å². The van der Waals surface area contributed by atoms with Gasteiger partial charge < -0.3 is 10.2 Å². The number of sulfonamides is 1. The lowest BCUT2D eigenvalue weighted by atomic mass is 9.82. The van der Waals surface area contributed by atoms with E-state index in [9.17, 15) is 18.0 Å². The van der Waals surface area contributed by atoms with Crippen molar-refractivity contribution in [3.63, 3.8) is 0 Å². The molecule has 1 aromatic heterocycles. The Hall–Kier alpha value is -3.27. The molecule has 2 fully saturated rings. The molecule has 5 rings (SSSR count). The fraction of sp³-hybridized carbons (Fsp3) is 0.355. The maximum atomic E-state index is 13.8. The molecule has 1 atom stereocenters. The molecule has 0 spiro atoms.